The van der Waals surface area contributed by atoms with Gasteiger partial charge in [0.25, 0.3) is 5.91 Å². The number of ether oxygens (including phenoxy) is 2. The standard InChI is InChI=1S/C30H29ClF3N5O5/c1-3-44-27-15(12-23(35)40)11-22(37-26(27)19-5-4-6-20(32)24(19)31)30(42,18-7-8-18)14-36-28(41)16-9-17-13-39(29(33)34)38-25(17)21(10-16)43-2/h4-6,9-11,13,18,29,42H,3,7-8,12,14H2,1-2H3,(H2,35,40)(H,36,41)/t30-/m1/s1. The molecule has 232 valence electrons. The predicted octanol–water partition coefficient (Wildman–Crippen LogP) is 4.75. The highest BCUT2D eigenvalue weighted by atomic mass is 35.5. The summed E-state index contributed by atoms with van der Waals surface area (Å²) in [7, 11) is 1.33. The van der Waals surface area contributed by atoms with Gasteiger partial charge in [0, 0.05) is 28.3 Å². The normalized spacial score (nSPS) is 14.5. The van der Waals surface area contributed by atoms with Crippen molar-refractivity contribution in [1.29, 1.82) is 0 Å². The molecule has 1 saturated carbocycles. The molecule has 1 atom stereocenters. The number of methoxy groups -OCH3 is 1. The molecule has 0 unspecified atom stereocenters. The third-order valence-corrected chi connectivity index (χ3v) is 7.78. The highest BCUT2D eigenvalue weighted by Crippen LogP contribution is 2.47. The molecule has 0 bridgehead atoms. The molecule has 10 nitrogen and oxygen atoms in total. The number of pyridine rings is 1. The van der Waals surface area contributed by atoms with Crippen LogP contribution in [0.15, 0.2) is 42.6 Å². The Morgan fingerprint density at radius 2 is 2.02 bits per heavy atom. The molecule has 2 aromatic heterocycles. The second-order valence-electron chi connectivity index (χ2n) is 10.4. The van der Waals surface area contributed by atoms with E-state index in [1.807, 2.05) is 0 Å². The molecule has 1 aliphatic carbocycles. The maximum atomic E-state index is 14.5. The summed E-state index contributed by atoms with van der Waals surface area (Å²) in [6.45, 7) is -1.29. The molecule has 14 heteroatoms. The van der Waals surface area contributed by atoms with Crippen molar-refractivity contribution in [3.05, 3.63) is 70.3 Å². The lowest BCUT2D eigenvalue weighted by Crippen LogP contribution is -2.43. The summed E-state index contributed by atoms with van der Waals surface area (Å²) in [5, 5.41) is 18.6. The third-order valence-electron chi connectivity index (χ3n) is 7.40. The molecule has 0 saturated heterocycles. The van der Waals surface area contributed by atoms with Crippen molar-refractivity contribution in [3.63, 3.8) is 0 Å². The van der Waals surface area contributed by atoms with Crippen LogP contribution in [0, 0.1) is 11.7 Å². The number of aromatic nitrogens is 3. The molecular weight excluding hydrogens is 603 g/mol. The Kier molecular flexibility index (Phi) is 8.71. The van der Waals surface area contributed by atoms with Crippen LogP contribution in [-0.2, 0) is 16.8 Å². The maximum absolute atomic E-state index is 14.5. The molecule has 1 aliphatic rings. The Balaban J connectivity index is 1.55. The number of amides is 2. The average Bonchev–Trinajstić information content (AvgIpc) is 3.76. The first kappa shape index (κ1) is 31.1. The van der Waals surface area contributed by atoms with Crippen molar-refractivity contribution >= 4 is 34.3 Å². The van der Waals surface area contributed by atoms with Crippen molar-refractivity contribution in [2.75, 3.05) is 20.3 Å². The number of alkyl halides is 2. The number of nitrogens with zero attached hydrogens (tertiary/aromatic N) is 3. The van der Waals surface area contributed by atoms with Gasteiger partial charge in [0.15, 0.2) is 0 Å². The minimum absolute atomic E-state index is 0.0858. The molecule has 44 heavy (non-hydrogen) atoms. The van der Waals surface area contributed by atoms with Crippen LogP contribution in [0.4, 0.5) is 13.2 Å². The fourth-order valence-corrected chi connectivity index (χ4v) is 5.35. The van der Waals surface area contributed by atoms with Crippen LogP contribution in [0.1, 0.15) is 47.9 Å². The van der Waals surface area contributed by atoms with Crippen LogP contribution >= 0.6 is 11.6 Å². The fourth-order valence-electron chi connectivity index (χ4n) is 5.13. The van der Waals surface area contributed by atoms with Gasteiger partial charge in [-0.2, -0.15) is 13.9 Å². The maximum Gasteiger partial charge on any atom is 0.333 e. The van der Waals surface area contributed by atoms with Gasteiger partial charge < -0.3 is 25.6 Å². The number of nitrogens with two attached hydrogens (primary N) is 1. The third kappa shape index (κ3) is 6.02. The second kappa shape index (κ2) is 12.3. The minimum atomic E-state index is -2.88. The molecular formula is C30H29ClF3N5O5. The number of fused-ring (bicyclic) bond motifs is 1. The summed E-state index contributed by atoms with van der Waals surface area (Å²) in [6, 6.07) is 8.40. The zero-order chi connectivity index (χ0) is 31.8. The fraction of sp³-hybridized carbons (Fsp3) is 0.333. The molecule has 5 rings (SSSR count). The summed E-state index contributed by atoms with van der Waals surface area (Å²) in [4.78, 5) is 30.0. The topological polar surface area (TPSA) is 142 Å². The van der Waals surface area contributed by atoms with Crippen molar-refractivity contribution in [2.24, 2.45) is 11.7 Å². The number of carbonyl (C=O) groups excluding carboxylic acids is 2. The molecule has 0 aliphatic heterocycles. The summed E-state index contributed by atoms with van der Waals surface area (Å²) >= 11 is 6.32. The van der Waals surface area contributed by atoms with E-state index >= 15 is 0 Å². The minimum Gasteiger partial charge on any atom is -0.494 e. The molecule has 4 N–H and O–H groups in total. The monoisotopic (exact) mass is 631 g/mol. The summed E-state index contributed by atoms with van der Waals surface area (Å²) in [5.41, 5.74) is 4.72. The number of nitrogens with one attached hydrogen (secondary N) is 1. The Morgan fingerprint density at radius 3 is 2.66 bits per heavy atom. The van der Waals surface area contributed by atoms with Gasteiger partial charge in [0.2, 0.25) is 5.91 Å². The van der Waals surface area contributed by atoms with Crippen LogP contribution in [0.25, 0.3) is 22.2 Å². The van der Waals surface area contributed by atoms with Crippen molar-refractivity contribution < 1.29 is 37.3 Å². The zero-order valence-electron chi connectivity index (χ0n) is 23.7. The van der Waals surface area contributed by atoms with Crippen molar-refractivity contribution in [1.82, 2.24) is 20.1 Å². The average molecular weight is 632 g/mol. The summed E-state index contributed by atoms with van der Waals surface area (Å²) in [6.07, 6.45) is 2.07. The highest BCUT2D eigenvalue weighted by molar-refractivity contribution is 6.33. The number of halogens is 4. The smallest absolute Gasteiger partial charge is 0.333 e. The van der Waals surface area contributed by atoms with Gasteiger partial charge in [-0.3, -0.25) is 9.59 Å². The molecule has 0 radical (unpaired) electrons. The van der Waals surface area contributed by atoms with Gasteiger partial charge in [0.1, 0.15) is 34.1 Å². The quantitative estimate of drug-likeness (QED) is 0.205. The first-order valence-corrected chi connectivity index (χ1v) is 14.1. The van der Waals surface area contributed by atoms with Gasteiger partial charge in [-0.05, 0) is 49.9 Å². The van der Waals surface area contributed by atoms with Gasteiger partial charge >= 0.3 is 6.55 Å². The molecule has 2 heterocycles. The number of primary amides is 1. The van der Waals surface area contributed by atoms with Crippen molar-refractivity contribution in [3.8, 4) is 22.8 Å². The number of aliphatic hydroxyl groups is 1. The van der Waals surface area contributed by atoms with Gasteiger partial charge in [0.05, 0.1) is 37.4 Å². The second-order valence-corrected chi connectivity index (χ2v) is 10.8. The Hall–Kier alpha value is -4.36. The lowest BCUT2D eigenvalue weighted by atomic mass is 9.90. The van der Waals surface area contributed by atoms with Gasteiger partial charge in [-0.25, -0.2) is 14.1 Å². The SMILES string of the molecule is CCOc1c(CC(N)=O)cc([C@@](O)(CNC(=O)c2cc(OC)c3nn(C(F)F)cc3c2)C2CC2)nc1-c1cccc(F)c1Cl. The van der Waals surface area contributed by atoms with Crippen LogP contribution in [-0.4, -0.2) is 51.9 Å². The summed E-state index contributed by atoms with van der Waals surface area (Å²) < 4.78 is 52.5. The first-order valence-electron chi connectivity index (χ1n) is 13.7. The van der Waals surface area contributed by atoms with E-state index in [0.29, 0.717) is 23.1 Å². The number of rotatable bonds is 12. The van der Waals surface area contributed by atoms with E-state index in [1.54, 1.807) is 6.92 Å². The molecule has 4 aromatic rings. The highest BCUT2D eigenvalue weighted by Gasteiger charge is 2.47. The number of carbonyl (C=O) groups is 2. The van der Waals surface area contributed by atoms with E-state index in [9.17, 15) is 27.9 Å². The first-order chi connectivity index (χ1) is 21.0. The number of hydrogen-bond donors (Lipinski definition) is 3. The Morgan fingerprint density at radius 1 is 1.27 bits per heavy atom. The summed E-state index contributed by atoms with van der Waals surface area (Å²) in [5.74, 6) is -2.04. The zero-order valence-corrected chi connectivity index (χ0v) is 24.5. The van der Waals surface area contributed by atoms with Crippen LogP contribution in [0.5, 0.6) is 11.5 Å². The lowest BCUT2D eigenvalue weighted by Gasteiger charge is -2.30. The number of benzene rings is 2. The van der Waals surface area contributed by atoms with Crippen LogP contribution in [0.2, 0.25) is 5.02 Å². The van der Waals surface area contributed by atoms with E-state index in [0.717, 1.165) is 6.20 Å². The van der Waals surface area contributed by atoms with Crippen LogP contribution in [0.3, 0.4) is 0 Å². The molecule has 2 amide bonds. The van der Waals surface area contributed by atoms with E-state index in [-0.39, 0.29) is 75.4 Å². The van der Waals surface area contributed by atoms with Crippen molar-refractivity contribution in [2.45, 2.75) is 38.3 Å². The Labute approximate surface area is 254 Å². The van der Waals surface area contributed by atoms with E-state index < -0.39 is 29.8 Å². The van der Waals surface area contributed by atoms with E-state index in [2.05, 4.69) is 15.4 Å². The predicted molar refractivity (Wildman–Crippen MR) is 155 cm³/mol. The van der Waals surface area contributed by atoms with E-state index in [1.165, 1.54) is 43.5 Å². The van der Waals surface area contributed by atoms with Crippen LogP contribution < -0.4 is 20.5 Å². The largest absolute Gasteiger partial charge is 0.494 e. The van der Waals surface area contributed by atoms with Gasteiger partial charge in [-0.15, -0.1) is 0 Å². The molecule has 0 spiro atoms. The lowest BCUT2D eigenvalue weighted by molar-refractivity contribution is -0.117. The van der Waals surface area contributed by atoms with Gasteiger partial charge in [-0.1, -0.05) is 23.7 Å². The Bertz CT molecular complexity index is 1750. The molecule has 1 fully saturated rings. The van der Waals surface area contributed by atoms with E-state index in [4.69, 9.17) is 26.8 Å². The molecule has 2 aromatic carbocycles. The number of hydrogen-bond acceptors (Lipinski definition) is 7.